The molecule has 1 aromatic heterocycles. The summed E-state index contributed by atoms with van der Waals surface area (Å²) >= 11 is 0. The second kappa shape index (κ2) is 4.87. The molecule has 0 saturated carbocycles. The maximum absolute atomic E-state index is 13.2. The molecule has 1 unspecified atom stereocenters. The second-order valence-corrected chi connectivity index (χ2v) is 3.71. The summed E-state index contributed by atoms with van der Waals surface area (Å²) in [6, 6.07) is 0. The van der Waals surface area contributed by atoms with Gasteiger partial charge in [0.25, 0.3) is 11.9 Å². The summed E-state index contributed by atoms with van der Waals surface area (Å²) in [7, 11) is 0. The van der Waals surface area contributed by atoms with Crippen LogP contribution in [0, 0.1) is 23.5 Å². The summed E-state index contributed by atoms with van der Waals surface area (Å²) in [6.07, 6.45) is 1.40. The van der Waals surface area contributed by atoms with E-state index in [0.29, 0.717) is 6.61 Å². The fourth-order valence-electron chi connectivity index (χ4n) is 1.66. The minimum Gasteiger partial charge on any atom is -0.377 e. The first-order valence-electron chi connectivity index (χ1n) is 5.15. The maximum atomic E-state index is 13.2. The zero-order chi connectivity index (χ0) is 12.4. The molecule has 1 atom stereocenters. The number of hydrogen-bond acceptors (Lipinski definition) is 3. The summed E-state index contributed by atoms with van der Waals surface area (Å²) in [6.45, 7) is 0.674. The van der Waals surface area contributed by atoms with Crippen LogP contribution in [0.15, 0.2) is 0 Å². The van der Waals surface area contributed by atoms with Crippen molar-refractivity contribution in [3.05, 3.63) is 23.5 Å². The SMILES string of the molecule is Fc1nc(F)c(F)c(NCC2CCCO2)c1F. The van der Waals surface area contributed by atoms with Gasteiger partial charge >= 0.3 is 0 Å². The molecular weight excluding hydrogens is 240 g/mol. The van der Waals surface area contributed by atoms with Gasteiger partial charge in [0, 0.05) is 13.2 Å². The van der Waals surface area contributed by atoms with Gasteiger partial charge in [0.2, 0.25) is 11.6 Å². The number of halogens is 4. The van der Waals surface area contributed by atoms with Gasteiger partial charge in [-0.25, -0.2) is 0 Å². The van der Waals surface area contributed by atoms with Gasteiger partial charge in [0.05, 0.1) is 6.10 Å². The Balaban J connectivity index is 2.13. The Morgan fingerprint density at radius 1 is 1.18 bits per heavy atom. The number of anilines is 1. The Morgan fingerprint density at radius 2 is 1.82 bits per heavy atom. The van der Waals surface area contributed by atoms with Gasteiger partial charge in [-0.1, -0.05) is 0 Å². The van der Waals surface area contributed by atoms with Crippen LogP contribution in [0.1, 0.15) is 12.8 Å². The van der Waals surface area contributed by atoms with Crippen molar-refractivity contribution in [2.24, 2.45) is 0 Å². The highest BCUT2D eigenvalue weighted by Crippen LogP contribution is 2.22. The van der Waals surface area contributed by atoms with Gasteiger partial charge in [0.15, 0.2) is 0 Å². The molecular formula is C10H10F4N2O. The van der Waals surface area contributed by atoms with Crippen LogP contribution in [-0.2, 0) is 4.74 Å². The molecule has 1 fully saturated rings. The van der Waals surface area contributed by atoms with Crippen LogP contribution in [0.2, 0.25) is 0 Å². The first kappa shape index (κ1) is 12.1. The van der Waals surface area contributed by atoms with Crippen LogP contribution in [0.25, 0.3) is 0 Å². The van der Waals surface area contributed by atoms with E-state index in [9.17, 15) is 17.6 Å². The van der Waals surface area contributed by atoms with Crippen molar-refractivity contribution in [3.8, 4) is 0 Å². The van der Waals surface area contributed by atoms with E-state index in [2.05, 4.69) is 10.3 Å². The summed E-state index contributed by atoms with van der Waals surface area (Å²) in [4.78, 5) is 2.46. The smallest absolute Gasteiger partial charge is 0.253 e. The first-order valence-corrected chi connectivity index (χ1v) is 5.15. The first-order chi connectivity index (χ1) is 8.09. The van der Waals surface area contributed by atoms with Crippen molar-refractivity contribution >= 4 is 5.69 Å². The standard InChI is InChI=1S/C10H10F4N2O/c11-6-8(7(12)10(14)16-9(6)13)15-4-5-2-1-3-17-5/h5H,1-4H2,(H,15,16). The number of rotatable bonds is 3. The Hall–Kier alpha value is -1.37. The zero-order valence-corrected chi connectivity index (χ0v) is 8.77. The summed E-state index contributed by atoms with van der Waals surface area (Å²) < 4.78 is 57.1. The van der Waals surface area contributed by atoms with Crippen LogP contribution in [0.4, 0.5) is 23.2 Å². The second-order valence-electron chi connectivity index (χ2n) is 3.71. The van der Waals surface area contributed by atoms with Gasteiger partial charge in [-0.3, -0.25) is 0 Å². The molecule has 0 amide bonds. The monoisotopic (exact) mass is 250 g/mol. The number of nitrogens with one attached hydrogen (secondary N) is 1. The minimum atomic E-state index is -1.67. The van der Waals surface area contributed by atoms with Crippen LogP contribution in [0.3, 0.4) is 0 Å². The van der Waals surface area contributed by atoms with E-state index in [-0.39, 0.29) is 12.6 Å². The molecule has 2 rings (SSSR count). The van der Waals surface area contributed by atoms with Gasteiger partial charge < -0.3 is 10.1 Å². The molecule has 0 radical (unpaired) electrons. The lowest BCUT2D eigenvalue weighted by molar-refractivity contribution is 0.120. The van der Waals surface area contributed by atoms with Crippen molar-refractivity contribution in [2.45, 2.75) is 18.9 Å². The predicted molar refractivity (Wildman–Crippen MR) is 51.5 cm³/mol. The average Bonchev–Trinajstić information content (AvgIpc) is 2.79. The highest BCUT2D eigenvalue weighted by Gasteiger charge is 2.22. The molecule has 94 valence electrons. The number of aromatic nitrogens is 1. The molecule has 3 nitrogen and oxygen atoms in total. The highest BCUT2D eigenvalue weighted by atomic mass is 19.2. The summed E-state index contributed by atoms with van der Waals surface area (Å²) in [5.74, 6) is -6.39. The van der Waals surface area contributed by atoms with E-state index >= 15 is 0 Å². The fraction of sp³-hybridized carbons (Fsp3) is 0.500. The molecule has 0 spiro atoms. The Labute approximate surface area is 94.8 Å². The van der Waals surface area contributed by atoms with Crippen molar-refractivity contribution in [1.29, 1.82) is 0 Å². The average molecular weight is 250 g/mol. The van der Waals surface area contributed by atoms with E-state index in [0.717, 1.165) is 12.8 Å². The van der Waals surface area contributed by atoms with Gasteiger partial charge in [-0.2, -0.15) is 22.5 Å². The molecule has 1 aromatic rings. The molecule has 0 aromatic carbocycles. The van der Waals surface area contributed by atoms with Gasteiger partial charge in [-0.05, 0) is 12.8 Å². The topological polar surface area (TPSA) is 34.2 Å². The van der Waals surface area contributed by atoms with E-state index in [1.165, 1.54) is 0 Å². The predicted octanol–water partition coefficient (Wildman–Crippen LogP) is 2.23. The summed E-state index contributed by atoms with van der Waals surface area (Å²) in [5, 5.41) is 2.31. The molecule has 17 heavy (non-hydrogen) atoms. The van der Waals surface area contributed by atoms with Crippen LogP contribution >= 0.6 is 0 Å². The Kier molecular flexibility index (Phi) is 3.46. The fourth-order valence-corrected chi connectivity index (χ4v) is 1.66. The lowest BCUT2D eigenvalue weighted by atomic mass is 10.2. The number of nitrogens with zero attached hydrogens (tertiary/aromatic N) is 1. The molecule has 2 heterocycles. The quantitative estimate of drug-likeness (QED) is 0.659. The number of pyridine rings is 1. The van der Waals surface area contributed by atoms with Crippen LogP contribution in [-0.4, -0.2) is 24.2 Å². The van der Waals surface area contributed by atoms with Crippen molar-refractivity contribution in [2.75, 3.05) is 18.5 Å². The van der Waals surface area contributed by atoms with E-state index < -0.39 is 29.2 Å². The molecule has 1 saturated heterocycles. The zero-order valence-electron chi connectivity index (χ0n) is 8.77. The van der Waals surface area contributed by atoms with E-state index in [4.69, 9.17) is 4.74 Å². The lowest BCUT2D eigenvalue weighted by Gasteiger charge is -2.13. The van der Waals surface area contributed by atoms with Crippen LogP contribution in [0.5, 0.6) is 0 Å². The third-order valence-electron chi connectivity index (χ3n) is 2.53. The minimum absolute atomic E-state index is 0.0940. The Morgan fingerprint density at radius 3 is 2.35 bits per heavy atom. The van der Waals surface area contributed by atoms with E-state index in [1.807, 2.05) is 0 Å². The van der Waals surface area contributed by atoms with Crippen molar-refractivity contribution < 1.29 is 22.3 Å². The molecule has 1 aliphatic heterocycles. The summed E-state index contributed by atoms with van der Waals surface area (Å²) in [5.41, 5.74) is -0.842. The van der Waals surface area contributed by atoms with Gasteiger partial charge in [-0.15, -0.1) is 0 Å². The van der Waals surface area contributed by atoms with Crippen molar-refractivity contribution in [1.82, 2.24) is 4.98 Å². The molecule has 1 aliphatic rings. The lowest BCUT2D eigenvalue weighted by Crippen LogP contribution is -2.20. The molecule has 0 aliphatic carbocycles. The molecule has 1 N–H and O–H groups in total. The molecule has 0 bridgehead atoms. The third-order valence-corrected chi connectivity index (χ3v) is 2.53. The highest BCUT2D eigenvalue weighted by molar-refractivity contribution is 5.45. The normalized spacial score (nSPS) is 19.6. The number of hydrogen-bond donors (Lipinski definition) is 1. The van der Waals surface area contributed by atoms with Crippen molar-refractivity contribution in [3.63, 3.8) is 0 Å². The maximum Gasteiger partial charge on any atom is 0.253 e. The van der Waals surface area contributed by atoms with E-state index in [1.54, 1.807) is 0 Å². The number of ether oxygens (including phenoxy) is 1. The third kappa shape index (κ3) is 2.49. The van der Waals surface area contributed by atoms with Gasteiger partial charge in [0.1, 0.15) is 5.69 Å². The molecule has 7 heteroatoms. The van der Waals surface area contributed by atoms with Crippen LogP contribution < -0.4 is 5.32 Å². The largest absolute Gasteiger partial charge is 0.377 e. The Bertz CT molecular complexity index is 395.